The molecule has 1 N–H and O–H groups in total. The summed E-state index contributed by atoms with van der Waals surface area (Å²) in [5.74, 6) is 0.822. The molecule has 0 bridgehead atoms. The van der Waals surface area contributed by atoms with E-state index in [-0.39, 0.29) is 11.7 Å². The van der Waals surface area contributed by atoms with Gasteiger partial charge in [-0.1, -0.05) is 24.3 Å². The Morgan fingerprint density at radius 3 is 2.75 bits per heavy atom. The van der Waals surface area contributed by atoms with E-state index in [0.717, 1.165) is 43.5 Å². The van der Waals surface area contributed by atoms with E-state index in [1.165, 1.54) is 18.6 Å². The Morgan fingerprint density at radius 2 is 2.06 bits per heavy atom. The lowest BCUT2D eigenvalue weighted by atomic mass is 9.89. The molecular weight excluding hydrogens is 407 g/mol. The molecule has 32 heavy (non-hydrogen) atoms. The number of hydrogen-bond acceptors (Lipinski definition) is 4. The van der Waals surface area contributed by atoms with Crippen LogP contribution in [0.2, 0.25) is 0 Å². The summed E-state index contributed by atoms with van der Waals surface area (Å²) >= 11 is 0. The topological polar surface area (TPSA) is 50.8 Å². The first kappa shape index (κ1) is 22.7. The van der Waals surface area contributed by atoms with Gasteiger partial charge in [-0.3, -0.25) is 4.79 Å². The van der Waals surface area contributed by atoms with Gasteiger partial charge in [0.05, 0.1) is 7.11 Å². The number of nitrogens with one attached hydrogen (secondary N) is 1. The second-order valence-corrected chi connectivity index (χ2v) is 9.15. The van der Waals surface area contributed by atoms with E-state index in [1.54, 1.807) is 13.2 Å². The Balaban J connectivity index is 1.45. The van der Waals surface area contributed by atoms with Gasteiger partial charge in [-0.2, -0.15) is 0 Å². The molecule has 0 spiro atoms. The summed E-state index contributed by atoms with van der Waals surface area (Å²) in [6.45, 7) is 3.47. The van der Waals surface area contributed by atoms with Crippen LogP contribution in [0.4, 0.5) is 4.39 Å². The second-order valence-electron chi connectivity index (χ2n) is 9.15. The summed E-state index contributed by atoms with van der Waals surface area (Å²) in [5, 5.41) is 3.19. The average molecular weight is 441 g/mol. The van der Waals surface area contributed by atoms with E-state index in [2.05, 4.69) is 17.3 Å². The van der Waals surface area contributed by atoms with Crippen LogP contribution in [0.25, 0.3) is 11.1 Å². The smallest absolute Gasteiger partial charge is 0.252 e. The molecule has 2 saturated heterocycles. The molecule has 1 amide bonds. The summed E-state index contributed by atoms with van der Waals surface area (Å²) < 4.78 is 25.2. The van der Waals surface area contributed by atoms with Crippen LogP contribution in [0.3, 0.4) is 0 Å². The highest BCUT2D eigenvalue weighted by molar-refractivity contribution is 5.86. The Bertz CT molecular complexity index is 925. The third-order valence-corrected chi connectivity index (χ3v) is 6.71. The molecule has 5 nitrogen and oxygen atoms in total. The predicted octanol–water partition coefficient (Wildman–Crippen LogP) is 4.05. The number of ether oxygens (including phenoxy) is 2. The van der Waals surface area contributed by atoms with Crippen molar-refractivity contribution in [3.8, 4) is 16.9 Å². The van der Waals surface area contributed by atoms with Crippen molar-refractivity contribution >= 4 is 5.91 Å². The van der Waals surface area contributed by atoms with Crippen molar-refractivity contribution in [3.63, 3.8) is 0 Å². The van der Waals surface area contributed by atoms with Gasteiger partial charge in [-0.05, 0) is 74.5 Å². The Morgan fingerprint density at radius 1 is 1.25 bits per heavy atom. The minimum absolute atomic E-state index is 0.000831. The van der Waals surface area contributed by atoms with Crippen molar-refractivity contribution in [2.75, 3.05) is 40.4 Å². The molecular formula is C26H33FN2O3. The number of hydrogen-bond donors (Lipinski definition) is 1. The molecule has 2 aliphatic rings. The van der Waals surface area contributed by atoms with Crippen molar-refractivity contribution in [2.45, 2.75) is 37.7 Å². The van der Waals surface area contributed by atoms with Gasteiger partial charge < -0.3 is 19.7 Å². The maximum Gasteiger partial charge on any atom is 0.252 e. The van der Waals surface area contributed by atoms with E-state index in [0.29, 0.717) is 36.8 Å². The average Bonchev–Trinajstić information content (AvgIpc) is 3.28. The van der Waals surface area contributed by atoms with E-state index in [1.807, 2.05) is 24.3 Å². The van der Waals surface area contributed by atoms with E-state index in [9.17, 15) is 9.18 Å². The Labute approximate surface area is 189 Å². The first-order valence-electron chi connectivity index (χ1n) is 11.5. The summed E-state index contributed by atoms with van der Waals surface area (Å²) in [6, 6.07) is 12.4. The molecule has 2 aromatic rings. The van der Waals surface area contributed by atoms with Gasteiger partial charge in [-0.25, -0.2) is 4.39 Å². The van der Waals surface area contributed by atoms with Crippen LogP contribution in [0, 0.1) is 11.7 Å². The molecule has 0 aromatic heterocycles. The number of likely N-dealkylation sites (tertiary alicyclic amines) is 1. The minimum atomic E-state index is -0.807. The maximum absolute atomic E-state index is 13.8. The highest BCUT2D eigenvalue weighted by Gasteiger charge is 2.42. The van der Waals surface area contributed by atoms with E-state index < -0.39 is 5.60 Å². The molecule has 172 valence electrons. The normalized spacial score (nSPS) is 23.8. The SMILES string of the molecule is COc1ccc(F)cc1-c1ccc(C[C@]2(C(=O)NC[C@@H]3CCCN(C)C3)CCCO2)cc1. The molecule has 2 heterocycles. The summed E-state index contributed by atoms with van der Waals surface area (Å²) in [5.41, 5.74) is 1.80. The zero-order valence-corrected chi connectivity index (χ0v) is 19.0. The van der Waals surface area contributed by atoms with Crippen LogP contribution in [0.1, 0.15) is 31.2 Å². The molecule has 4 rings (SSSR count). The molecule has 0 saturated carbocycles. The largest absolute Gasteiger partial charge is 0.496 e. The van der Waals surface area contributed by atoms with Gasteiger partial charge >= 0.3 is 0 Å². The van der Waals surface area contributed by atoms with Gasteiger partial charge in [0.2, 0.25) is 0 Å². The third kappa shape index (κ3) is 5.13. The fourth-order valence-electron chi connectivity index (χ4n) is 4.97. The minimum Gasteiger partial charge on any atom is -0.496 e. The van der Waals surface area contributed by atoms with Crippen LogP contribution >= 0.6 is 0 Å². The maximum atomic E-state index is 13.8. The quantitative estimate of drug-likeness (QED) is 0.706. The third-order valence-electron chi connectivity index (χ3n) is 6.71. The van der Waals surface area contributed by atoms with E-state index >= 15 is 0 Å². The number of carbonyl (C=O) groups excluding carboxylic acids is 1. The lowest BCUT2D eigenvalue weighted by molar-refractivity contribution is -0.141. The summed E-state index contributed by atoms with van der Waals surface area (Å²) in [4.78, 5) is 15.5. The van der Waals surface area contributed by atoms with Crippen molar-refractivity contribution in [1.82, 2.24) is 10.2 Å². The number of halogens is 1. The van der Waals surface area contributed by atoms with Crippen LogP contribution in [0.5, 0.6) is 5.75 Å². The number of rotatable bonds is 7. The molecule has 0 aliphatic carbocycles. The fourth-order valence-corrected chi connectivity index (χ4v) is 4.97. The van der Waals surface area contributed by atoms with Gasteiger partial charge in [0.25, 0.3) is 5.91 Å². The van der Waals surface area contributed by atoms with Crippen LogP contribution < -0.4 is 10.1 Å². The summed E-state index contributed by atoms with van der Waals surface area (Å²) in [7, 11) is 3.72. The first-order valence-corrected chi connectivity index (χ1v) is 11.5. The molecule has 2 fully saturated rings. The number of methoxy groups -OCH3 is 1. The number of carbonyl (C=O) groups is 1. The number of piperidine rings is 1. The molecule has 0 radical (unpaired) electrons. The van der Waals surface area contributed by atoms with Gasteiger partial charge in [0.1, 0.15) is 11.6 Å². The van der Waals surface area contributed by atoms with Crippen molar-refractivity contribution in [2.24, 2.45) is 5.92 Å². The molecule has 2 aliphatic heterocycles. The lowest BCUT2D eigenvalue weighted by Crippen LogP contribution is -2.50. The first-order chi connectivity index (χ1) is 15.5. The lowest BCUT2D eigenvalue weighted by Gasteiger charge is -2.32. The molecule has 0 unspecified atom stereocenters. The zero-order chi connectivity index (χ0) is 22.6. The molecule has 2 aromatic carbocycles. The van der Waals surface area contributed by atoms with Crippen LogP contribution in [-0.4, -0.2) is 56.8 Å². The van der Waals surface area contributed by atoms with Crippen molar-refractivity contribution in [3.05, 3.63) is 53.8 Å². The van der Waals surface area contributed by atoms with Crippen LogP contribution in [0.15, 0.2) is 42.5 Å². The van der Waals surface area contributed by atoms with Crippen molar-refractivity contribution < 1.29 is 18.7 Å². The second kappa shape index (κ2) is 10.0. The number of nitrogens with zero attached hydrogens (tertiary/aromatic N) is 1. The highest BCUT2D eigenvalue weighted by Crippen LogP contribution is 2.33. The van der Waals surface area contributed by atoms with Gasteiger partial charge in [0.15, 0.2) is 5.60 Å². The molecule has 6 heteroatoms. The monoisotopic (exact) mass is 440 g/mol. The number of benzene rings is 2. The number of amides is 1. The molecule has 2 atom stereocenters. The predicted molar refractivity (Wildman–Crippen MR) is 123 cm³/mol. The Kier molecular flexibility index (Phi) is 7.11. The zero-order valence-electron chi connectivity index (χ0n) is 19.0. The fraction of sp³-hybridized carbons (Fsp3) is 0.500. The Hall–Kier alpha value is -2.44. The summed E-state index contributed by atoms with van der Waals surface area (Å²) in [6.07, 6.45) is 4.48. The standard InChI is InChI=1S/C26H33FN2O3/c1-29-13-3-5-20(18-29)17-28-25(30)26(12-4-14-32-26)16-19-6-8-21(9-7-19)23-15-22(27)10-11-24(23)31-2/h6-11,15,20H,3-5,12-14,16-18H2,1-2H3,(H,28,30)/t20-,26-/m0/s1. The van der Waals surface area contributed by atoms with Gasteiger partial charge in [0, 0.05) is 31.7 Å². The van der Waals surface area contributed by atoms with Crippen LogP contribution in [-0.2, 0) is 16.0 Å². The van der Waals surface area contributed by atoms with Crippen molar-refractivity contribution in [1.29, 1.82) is 0 Å². The highest BCUT2D eigenvalue weighted by atomic mass is 19.1. The van der Waals surface area contributed by atoms with Gasteiger partial charge in [-0.15, -0.1) is 0 Å². The van der Waals surface area contributed by atoms with E-state index in [4.69, 9.17) is 9.47 Å².